The molecule has 0 radical (unpaired) electrons. The average molecular weight is 380 g/mol. The second-order valence-electron chi connectivity index (χ2n) is 7.47. The van der Waals surface area contributed by atoms with Crippen LogP contribution in [0.15, 0.2) is 55.6 Å². The third-order valence-electron chi connectivity index (χ3n) is 4.46. The summed E-state index contributed by atoms with van der Waals surface area (Å²) in [7, 11) is 3.21. The van der Waals surface area contributed by atoms with E-state index in [9.17, 15) is 4.79 Å². The van der Waals surface area contributed by atoms with Crippen LogP contribution in [0.4, 0.5) is 5.69 Å². The van der Waals surface area contributed by atoms with Gasteiger partial charge in [-0.25, -0.2) is 0 Å². The largest absolute Gasteiger partial charge is 0.493 e. The average Bonchev–Trinajstić information content (AvgIpc) is 2.69. The molecule has 2 aromatic rings. The van der Waals surface area contributed by atoms with E-state index in [2.05, 4.69) is 13.2 Å². The first-order valence-corrected chi connectivity index (χ1v) is 9.19. The molecule has 0 unspecified atom stereocenters. The maximum Gasteiger partial charge on any atom is 0.232 e. The molecule has 0 aliphatic rings. The van der Waals surface area contributed by atoms with Crippen molar-refractivity contribution in [1.82, 2.24) is 0 Å². The van der Waals surface area contributed by atoms with Crippen molar-refractivity contribution in [2.24, 2.45) is 5.41 Å². The van der Waals surface area contributed by atoms with Gasteiger partial charge in [-0.2, -0.15) is 0 Å². The number of ether oxygens (including phenoxy) is 2. The van der Waals surface area contributed by atoms with Crippen LogP contribution in [0.2, 0.25) is 0 Å². The van der Waals surface area contributed by atoms with E-state index in [1.165, 1.54) is 0 Å². The number of methoxy groups -OCH3 is 2. The zero-order valence-electron chi connectivity index (χ0n) is 17.4. The second kappa shape index (κ2) is 8.79. The molecule has 1 amide bonds. The number of benzene rings is 2. The Morgan fingerprint density at radius 2 is 1.64 bits per heavy atom. The van der Waals surface area contributed by atoms with Gasteiger partial charge in [-0.05, 0) is 29.3 Å². The molecule has 0 saturated heterocycles. The number of carbonyl (C=O) groups excluding carboxylic acids is 1. The van der Waals surface area contributed by atoms with Gasteiger partial charge in [0.25, 0.3) is 0 Å². The fraction of sp³-hybridized carbons (Fsp3) is 0.292. The van der Waals surface area contributed by atoms with E-state index in [0.717, 1.165) is 22.4 Å². The molecular weight excluding hydrogens is 350 g/mol. The minimum absolute atomic E-state index is 0.0282. The topological polar surface area (TPSA) is 38.8 Å². The Bertz CT molecular complexity index is 878. The predicted molar refractivity (Wildman–Crippen MR) is 117 cm³/mol. The molecule has 0 aliphatic carbocycles. The standard InChI is InChI=1S/C24H29NO3/c1-8-14-25(23(26)24(3,4)5)20-13-11-10-12-18(20)19-16-22(28-7)21(27-6)15-17(19)9-2/h8-13,15-16H,1-2,14H2,3-7H3. The highest BCUT2D eigenvalue weighted by Gasteiger charge is 2.29. The van der Waals surface area contributed by atoms with Crippen molar-refractivity contribution < 1.29 is 14.3 Å². The summed E-state index contributed by atoms with van der Waals surface area (Å²) in [5.41, 5.74) is 3.02. The lowest BCUT2D eigenvalue weighted by Gasteiger charge is -2.30. The SMILES string of the molecule is C=CCN(C(=O)C(C)(C)C)c1ccccc1-c1cc(OC)c(OC)cc1C=C. The molecule has 4 heteroatoms. The Morgan fingerprint density at radius 3 is 2.18 bits per heavy atom. The van der Waals surface area contributed by atoms with Crippen molar-refractivity contribution >= 4 is 17.7 Å². The number of anilines is 1. The molecule has 28 heavy (non-hydrogen) atoms. The molecule has 4 nitrogen and oxygen atoms in total. The lowest BCUT2D eigenvalue weighted by atomic mass is 9.92. The minimum atomic E-state index is -0.519. The maximum absolute atomic E-state index is 13.1. The number of hydrogen-bond donors (Lipinski definition) is 0. The first-order valence-electron chi connectivity index (χ1n) is 9.19. The third kappa shape index (κ3) is 4.28. The van der Waals surface area contributed by atoms with Crippen molar-refractivity contribution in [2.45, 2.75) is 20.8 Å². The summed E-state index contributed by atoms with van der Waals surface area (Å²) >= 11 is 0. The van der Waals surface area contributed by atoms with Crippen LogP contribution in [0.3, 0.4) is 0 Å². The van der Waals surface area contributed by atoms with Crippen molar-refractivity contribution in [3.05, 3.63) is 61.2 Å². The summed E-state index contributed by atoms with van der Waals surface area (Å²) < 4.78 is 10.9. The smallest absolute Gasteiger partial charge is 0.232 e. The first kappa shape index (κ1) is 21.3. The zero-order valence-corrected chi connectivity index (χ0v) is 17.4. The first-order chi connectivity index (χ1) is 13.3. The van der Waals surface area contributed by atoms with E-state index in [4.69, 9.17) is 9.47 Å². The number of rotatable bonds is 7. The van der Waals surface area contributed by atoms with Crippen LogP contribution >= 0.6 is 0 Å². The van der Waals surface area contributed by atoms with Gasteiger partial charge in [-0.15, -0.1) is 6.58 Å². The fourth-order valence-electron chi connectivity index (χ4n) is 3.06. The minimum Gasteiger partial charge on any atom is -0.493 e. The summed E-state index contributed by atoms with van der Waals surface area (Å²) in [5, 5.41) is 0. The molecular formula is C24H29NO3. The van der Waals surface area contributed by atoms with Gasteiger partial charge in [-0.3, -0.25) is 4.79 Å². The Labute approximate surface area is 168 Å². The monoisotopic (exact) mass is 379 g/mol. The summed E-state index contributed by atoms with van der Waals surface area (Å²) in [6.07, 6.45) is 3.51. The Morgan fingerprint density at radius 1 is 1.04 bits per heavy atom. The summed E-state index contributed by atoms with van der Waals surface area (Å²) in [4.78, 5) is 14.9. The summed E-state index contributed by atoms with van der Waals surface area (Å²) in [6.45, 7) is 13.9. The summed E-state index contributed by atoms with van der Waals surface area (Å²) in [5.74, 6) is 1.28. The van der Waals surface area contributed by atoms with E-state index in [1.54, 1.807) is 31.3 Å². The van der Waals surface area contributed by atoms with Gasteiger partial charge in [0.2, 0.25) is 5.91 Å². The highest BCUT2D eigenvalue weighted by Crippen LogP contribution is 2.40. The van der Waals surface area contributed by atoms with Crippen molar-refractivity contribution in [3.63, 3.8) is 0 Å². The van der Waals surface area contributed by atoms with Crippen LogP contribution in [0, 0.1) is 5.41 Å². The molecule has 0 saturated carbocycles. The molecule has 0 aromatic heterocycles. The van der Waals surface area contributed by atoms with Crippen molar-refractivity contribution in [2.75, 3.05) is 25.7 Å². The van der Waals surface area contributed by atoms with Gasteiger partial charge in [0, 0.05) is 17.5 Å². The Kier molecular flexibility index (Phi) is 6.68. The van der Waals surface area contributed by atoms with Crippen LogP contribution < -0.4 is 14.4 Å². The molecule has 148 valence electrons. The highest BCUT2D eigenvalue weighted by atomic mass is 16.5. The number of hydrogen-bond acceptors (Lipinski definition) is 3. The molecule has 0 aliphatic heterocycles. The van der Waals surface area contributed by atoms with Gasteiger partial charge in [-0.1, -0.05) is 57.7 Å². The molecule has 2 aromatic carbocycles. The second-order valence-corrected chi connectivity index (χ2v) is 7.47. The van der Waals surface area contributed by atoms with E-state index in [-0.39, 0.29) is 5.91 Å². The van der Waals surface area contributed by atoms with Crippen LogP contribution in [0.25, 0.3) is 17.2 Å². The number of para-hydroxylation sites is 1. The number of nitrogens with zero attached hydrogens (tertiary/aromatic N) is 1. The highest BCUT2D eigenvalue weighted by molar-refractivity contribution is 6.01. The molecule has 2 rings (SSSR count). The Hall–Kier alpha value is -3.01. The predicted octanol–water partition coefficient (Wildman–Crippen LogP) is 5.58. The van der Waals surface area contributed by atoms with Gasteiger partial charge >= 0.3 is 0 Å². The number of carbonyl (C=O) groups is 1. The number of amides is 1. The normalized spacial score (nSPS) is 10.9. The lowest BCUT2D eigenvalue weighted by Crippen LogP contribution is -2.40. The van der Waals surface area contributed by atoms with Crippen LogP contribution in [0.5, 0.6) is 11.5 Å². The van der Waals surface area contributed by atoms with Gasteiger partial charge < -0.3 is 14.4 Å². The van der Waals surface area contributed by atoms with Gasteiger partial charge in [0.15, 0.2) is 11.5 Å². The van der Waals surface area contributed by atoms with Gasteiger partial charge in [0.05, 0.1) is 19.9 Å². The fourth-order valence-corrected chi connectivity index (χ4v) is 3.06. The van der Waals surface area contributed by atoms with E-state index in [1.807, 2.05) is 57.2 Å². The van der Waals surface area contributed by atoms with Crippen LogP contribution in [0.1, 0.15) is 26.3 Å². The van der Waals surface area contributed by atoms with Gasteiger partial charge in [0.1, 0.15) is 0 Å². The Balaban J connectivity index is 2.74. The lowest BCUT2D eigenvalue weighted by molar-refractivity contribution is -0.125. The van der Waals surface area contributed by atoms with Crippen molar-refractivity contribution in [1.29, 1.82) is 0 Å². The molecule has 0 fully saturated rings. The summed E-state index contributed by atoms with van der Waals surface area (Å²) in [6, 6.07) is 11.6. The molecule has 0 atom stereocenters. The van der Waals surface area contributed by atoms with E-state index >= 15 is 0 Å². The quantitative estimate of drug-likeness (QED) is 0.590. The molecule has 0 bridgehead atoms. The maximum atomic E-state index is 13.1. The van der Waals surface area contributed by atoms with E-state index < -0.39 is 5.41 Å². The third-order valence-corrected chi connectivity index (χ3v) is 4.46. The van der Waals surface area contributed by atoms with E-state index in [0.29, 0.717) is 18.0 Å². The van der Waals surface area contributed by atoms with Crippen molar-refractivity contribution in [3.8, 4) is 22.6 Å². The van der Waals surface area contributed by atoms with Crippen LogP contribution in [-0.4, -0.2) is 26.7 Å². The molecule has 0 heterocycles. The van der Waals surface area contributed by atoms with Crippen LogP contribution in [-0.2, 0) is 4.79 Å². The molecule has 0 N–H and O–H groups in total. The molecule has 0 spiro atoms. The zero-order chi connectivity index (χ0) is 20.9.